The number of aromatic nitrogens is 3. The molecule has 0 radical (unpaired) electrons. The zero-order chi connectivity index (χ0) is 14.7. The lowest BCUT2D eigenvalue weighted by Gasteiger charge is -2.36. The van der Waals surface area contributed by atoms with E-state index in [1.807, 2.05) is 25.5 Å². The summed E-state index contributed by atoms with van der Waals surface area (Å²) < 4.78 is 1.95. The second-order valence-electron chi connectivity index (χ2n) is 5.65. The SMILES string of the molecule is CCC(C(=O)O)N1CCCC(Cn2nc(C)nc2C)C1. The molecule has 2 rings (SSSR count). The molecule has 1 fully saturated rings. The second kappa shape index (κ2) is 6.35. The van der Waals surface area contributed by atoms with E-state index in [2.05, 4.69) is 15.0 Å². The number of carbonyl (C=O) groups is 1. The molecule has 1 aromatic heterocycles. The minimum atomic E-state index is -0.707. The van der Waals surface area contributed by atoms with Crippen molar-refractivity contribution in [1.82, 2.24) is 19.7 Å². The van der Waals surface area contributed by atoms with Crippen molar-refractivity contribution in [2.75, 3.05) is 13.1 Å². The number of likely N-dealkylation sites (tertiary alicyclic amines) is 1. The van der Waals surface area contributed by atoms with Gasteiger partial charge in [-0.25, -0.2) is 9.67 Å². The van der Waals surface area contributed by atoms with E-state index in [1.165, 1.54) is 0 Å². The standard InChI is InChI=1S/C14H24N4O2/c1-4-13(14(19)20)17-7-5-6-12(8-17)9-18-11(3)15-10(2)16-18/h12-13H,4-9H2,1-3H3,(H,19,20). The smallest absolute Gasteiger partial charge is 0.320 e. The molecule has 0 bridgehead atoms. The molecule has 1 N–H and O–H groups in total. The van der Waals surface area contributed by atoms with Crippen LogP contribution < -0.4 is 0 Å². The Morgan fingerprint density at radius 1 is 1.50 bits per heavy atom. The Morgan fingerprint density at radius 2 is 2.25 bits per heavy atom. The molecule has 0 amide bonds. The molecule has 1 aliphatic heterocycles. The first-order valence-electron chi connectivity index (χ1n) is 7.36. The number of carboxylic acids is 1. The highest BCUT2D eigenvalue weighted by atomic mass is 16.4. The minimum Gasteiger partial charge on any atom is -0.480 e. The van der Waals surface area contributed by atoms with Gasteiger partial charge < -0.3 is 5.11 Å². The van der Waals surface area contributed by atoms with Crippen molar-refractivity contribution in [3.63, 3.8) is 0 Å². The Balaban J connectivity index is 2.00. The third-order valence-electron chi connectivity index (χ3n) is 4.06. The fourth-order valence-electron chi connectivity index (χ4n) is 3.10. The molecule has 1 aromatic rings. The van der Waals surface area contributed by atoms with E-state index < -0.39 is 5.97 Å². The van der Waals surface area contributed by atoms with Gasteiger partial charge in [0.25, 0.3) is 0 Å². The lowest BCUT2D eigenvalue weighted by Crippen LogP contribution is -2.47. The molecular weight excluding hydrogens is 256 g/mol. The van der Waals surface area contributed by atoms with E-state index in [4.69, 9.17) is 0 Å². The molecule has 0 aliphatic carbocycles. The quantitative estimate of drug-likeness (QED) is 0.884. The highest BCUT2D eigenvalue weighted by molar-refractivity contribution is 5.73. The molecule has 6 nitrogen and oxygen atoms in total. The maximum Gasteiger partial charge on any atom is 0.320 e. The van der Waals surface area contributed by atoms with Crippen LogP contribution in [0.4, 0.5) is 0 Å². The Bertz CT molecular complexity index is 472. The van der Waals surface area contributed by atoms with Gasteiger partial charge in [-0.05, 0) is 45.6 Å². The van der Waals surface area contributed by atoms with Crippen LogP contribution in [0.15, 0.2) is 0 Å². The number of aryl methyl sites for hydroxylation is 2. The van der Waals surface area contributed by atoms with Crippen LogP contribution in [0.5, 0.6) is 0 Å². The lowest BCUT2D eigenvalue weighted by atomic mass is 9.96. The predicted molar refractivity (Wildman–Crippen MR) is 75.5 cm³/mol. The van der Waals surface area contributed by atoms with Gasteiger partial charge in [0.05, 0.1) is 0 Å². The third-order valence-corrected chi connectivity index (χ3v) is 4.06. The number of rotatable bonds is 5. The van der Waals surface area contributed by atoms with Gasteiger partial charge in [0.15, 0.2) is 0 Å². The zero-order valence-corrected chi connectivity index (χ0v) is 12.5. The molecule has 0 aromatic carbocycles. The summed E-state index contributed by atoms with van der Waals surface area (Å²) in [5, 5.41) is 13.7. The van der Waals surface area contributed by atoms with Crippen LogP contribution in [0.25, 0.3) is 0 Å². The molecule has 2 unspecified atom stereocenters. The van der Waals surface area contributed by atoms with E-state index in [0.29, 0.717) is 12.3 Å². The summed E-state index contributed by atoms with van der Waals surface area (Å²) in [6.45, 7) is 8.35. The summed E-state index contributed by atoms with van der Waals surface area (Å²) >= 11 is 0. The summed E-state index contributed by atoms with van der Waals surface area (Å²) in [5.41, 5.74) is 0. The summed E-state index contributed by atoms with van der Waals surface area (Å²) in [4.78, 5) is 17.7. The highest BCUT2D eigenvalue weighted by Crippen LogP contribution is 2.21. The highest BCUT2D eigenvalue weighted by Gasteiger charge is 2.29. The van der Waals surface area contributed by atoms with Crippen molar-refractivity contribution in [3.8, 4) is 0 Å². The van der Waals surface area contributed by atoms with Crippen LogP contribution in [0, 0.1) is 19.8 Å². The Kier molecular flexibility index (Phi) is 4.75. The number of aliphatic carboxylic acids is 1. The molecule has 2 atom stereocenters. The maximum atomic E-state index is 11.3. The maximum absolute atomic E-state index is 11.3. The Hall–Kier alpha value is -1.43. The van der Waals surface area contributed by atoms with Crippen LogP contribution in [-0.4, -0.2) is 49.9 Å². The van der Waals surface area contributed by atoms with E-state index in [-0.39, 0.29) is 6.04 Å². The topological polar surface area (TPSA) is 71.2 Å². The van der Waals surface area contributed by atoms with Crippen LogP contribution in [-0.2, 0) is 11.3 Å². The summed E-state index contributed by atoms with van der Waals surface area (Å²) in [7, 11) is 0. The fourth-order valence-corrected chi connectivity index (χ4v) is 3.10. The van der Waals surface area contributed by atoms with Gasteiger partial charge in [0.1, 0.15) is 17.7 Å². The van der Waals surface area contributed by atoms with Crippen LogP contribution in [0.2, 0.25) is 0 Å². The van der Waals surface area contributed by atoms with Crippen molar-refractivity contribution in [2.45, 2.75) is 52.6 Å². The van der Waals surface area contributed by atoms with Crippen molar-refractivity contribution in [1.29, 1.82) is 0 Å². The van der Waals surface area contributed by atoms with E-state index >= 15 is 0 Å². The monoisotopic (exact) mass is 280 g/mol. The van der Waals surface area contributed by atoms with Crippen LogP contribution in [0.1, 0.15) is 37.8 Å². The first kappa shape index (κ1) is 15.0. The summed E-state index contributed by atoms with van der Waals surface area (Å²) in [5.74, 6) is 1.48. The van der Waals surface area contributed by atoms with Crippen molar-refractivity contribution < 1.29 is 9.90 Å². The zero-order valence-electron chi connectivity index (χ0n) is 12.5. The van der Waals surface area contributed by atoms with Crippen molar-refractivity contribution in [3.05, 3.63) is 11.6 Å². The first-order valence-corrected chi connectivity index (χ1v) is 7.36. The van der Waals surface area contributed by atoms with Crippen LogP contribution >= 0.6 is 0 Å². The van der Waals surface area contributed by atoms with Gasteiger partial charge in [-0.3, -0.25) is 9.69 Å². The van der Waals surface area contributed by atoms with Gasteiger partial charge in [-0.1, -0.05) is 6.92 Å². The van der Waals surface area contributed by atoms with Gasteiger partial charge in [0.2, 0.25) is 0 Å². The Morgan fingerprint density at radius 3 is 2.80 bits per heavy atom. The predicted octanol–water partition coefficient (Wildman–Crippen LogP) is 1.47. The summed E-state index contributed by atoms with van der Waals surface area (Å²) in [6.07, 6.45) is 2.84. The van der Waals surface area contributed by atoms with E-state index in [9.17, 15) is 9.90 Å². The molecule has 0 spiro atoms. The average molecular weight is 280 g/mol. The number of piperidine rings is 1. The van der Waals surface area contributed by atoms with E-state index in [1.54, 1.807) is 0 Å². The number of hydrogen-bond donors (Lipinski definition) is 1. The molecule has 20 heavy (non-hydrogen) atoms. The summed E-state index contributed by atoms with van der Waals surface area (Å²) in [6, 6.07) is -0.351. The van der Waals surface area contributed by atoms with Crippen LogP contribution in [0.3, 0.4) is 0 Å². The fraction of sp³-hybridized carbons (Fsp3) is 0.786. The number of carboxylic acid groups (broad SMARTS) is 1. The largest absolute Gasteiger partial charge is 0.480 e. The second-order valence-corrected chi connectivity index (χ2v) is 5.65. The Labute approximate surface area is 119 Å². The molecule has 2 heterocycles. The molecule has 6 heteroatoms. The molecule has 1 saturated heterocycles. The van der Waals surface area contributed by atoms with Gasteiger partial charge in [0, 0.05) is 13.1 Å². The van der Waals surface area contributed by atoms with E-state index in [0.717, 1.165) is 44.1 Å². The molecular formula is C14H24N4O2. The van der Waals surface area contributed by atoms with Gasteiger partial charge in [-0.15, -0.1) is 0 Å². The molecule has 0 saturated carbocycles. The van der Waals surface area contributed by atoms with Gasteiger partial charge >= 0.3 is 5.97 Å². The molecule has 1 aliphatic rings. The first-order chi connectivity index (χ1) is 9.51. The van der Waals surface area contributed by atoms with Crippen molar-refractivity contribution >= 4 is 5.97 Å². The van der Waals surface area contributed by atoms with Crippen molar-refractivity contribution in [2.24, 2.45) is 5.92 Å². The average Bonchev–Trinajstić information content (AvgIpc) is 2.68. The number of nitrogens with zero attached hydrogens (tertiary/aromatic N) is 4. The third kappa shape index (κ3) is 3.36. The number of hydrogen-bond acceptors (Lipinski definition) is 4. The minimum absolute atomic E-state index is 0.351. The normalized spacial score (nSPS) is 21.9. The lowest BCUT2D eigenvalue weighted by molar-refractivity contribution is -0.144. The van der Waals surface area contributed by atoms with Gasteiger partial charge in [-0.2, -0.15) is 5.10 Å². The molecule has 112 valence electrons.